The quantitative estimate of drug-likeness (QED) is 0.242. The number of nitrogens with zero attached hydrogens (tertiary/aromatic N) is 3. The van der Waals surface area contributed by atoms with Crippen LogP contribution in [0.4, 0.5) is 5.69 Å². The van der Waals surface area contributed by atoms with E-state index in [1.54, 1.807) is 23.1 Å². The van der Waals surface area contributed by atoms with Crippen LogP contribution in [0.2, 0.25) is 5.02 Å². The smallest absolute Gasteiger partial charge is 0.270 e. The van der Waals surface area contributed by atoms with E-state index in [9.17, 15) is 14.9 Å². The molecule has 0 unspecified atom stereocenters. The number of benzene rings is 1. The predicted molar refractivity (Wildman–Crippen MR) is 128 cm³/mol. The normalized spacial score (nSPS) is 18.7. The highest BCUT2D eigenvalue weighted by molar-refractivity contribution is 8.26. The number of rotatable bonds is 7. The molecule has 2 fully saturated rings. The van der Waals surface area contributed by atoms with E-state index in [2.05, 4.69) is 4.90 Å². The van der Waals surface area contributed by atoms with Crippen LogP contribution in [0.25, 0.3) is 17.4 Å². The molecule has 32 heavy (non-hydrogen) atoms. The van der Waals surface area contributed by atoms with Gasteiger partial charge in [0.2, 0.25) is 0 Å². The number of hydrogen-bond acceptors (Lipinski definition) is 8. The van der Waals surface area contributed by atoms with Crippen LogP contribution >= 0.6 is 35.6 Å². The number of thioether (sulfide) groups is 1. The minimum Gasteiger partial charge on any atom is -0.457 e. The van der Waals surface area contributed by atoms with E-state index in [1.807, 2.05) is 0 Å². The number of ether oxygens (including phenoxy) is 1. The average molecular weight is 494 g/mol. The second-order valence-electron chi connectivity index (χ2n) is 7.26. The molecule has 0 spiro atoms. The van der Waals surface area contributed by atoms with E-state index in [0.29, 0.717) is 32.9 Å². The fourth-order valence-electron chi connectivity index (χ4n) is 3.49. The van der Waals surface area contributed by atoms with E-state index in [-0.39, 0.29) is 16.6 Å². The molecule has 1 aromatic heterocycles. The minimum absolute atomic E-state index is 0.0946. The maximum absolute atomic E-state index is 12.8. The van der Waals surface area contributed by atoms with E-state index < -0.39 is 4.92 Å². The van der Waals surface area contributed by atoms with Crippen LogP contribution in [0.15, 0.2) is 39.7 Å². The Labute approximate surface area is 199 Å². The molecule has 0 aliphatic carbocycles. The van der Waals surface area contributed by atoms with Gasteiger partial charge < -0.3 is 9.15 Å². The Kier molecular flexibility index (Phi) is 7.27. The first-order valence-corrected chi connectivity index (χ1v) is 11.6. The third-order valence-electron chi connectivity index (χ3n) is 5.16. The largest absolute Gasteiger partial charge is 0.457 e. The first kappa shape index (κ1) is 22.9. The molecule has 4 rings (SSSR count). The molecule has 0 bridgehead atoms. The third kappa shape index (κ3) is 5.21. The molecule has 0 radical (unpaired) electrons. The monoisotopic (exact) mass is 493 g/mol. The maximum Gasteiger partial charge on any atom is 0.270 e. The molecule has 2 aliphatic heterocycles. The number of hydrogen-bond donors (Lipinski definition) is 0. The average Bonchev–Trinajstić information content (AvgIpc) is 3.34. The molecule has 3 heterocycles. The Morgan fingerprint density at radius 3 is 2.72 bits per heavy atom. The number of thiocarbonyl (C=S) groups is 1. The van der Waals surface area contributed by atoms with Crippen molar-refractivity contribution >= 4 is 57.6 Å². The number of morpholine rings is 1. The van der Waals surface area contributed by atoms with Gasteiger partial charge in [-0.25, -0.2) is 0 Å². The van der Waals surface area contributed by atoms with E-state index in [4.69, 9.17) is 33.0 Å². The molecule has 1 amide bonds. The van der Waals surface area contributed by atoms with Crippen molar-refractivity contribution in [3.63, 3.8) is 0 Å². The lowest BCUT2D eigenvalue weighted by atomic mass is 10.1. The summed E-state index contributed by atoms with van der Waals surface area (Å²) in [6, 6.07) is 7.61. The Hall–Kier alpha value is -2.24. The van der Waals surface area contributed by atoms with E-state index >= 15 is 0 Å². The van der Waals surface area contributed by atoms with Crippen LogP contribution in [-0.4, -0.2) is 64.3 Å². The second-order valence-corrected chi connectivity index (χ2v) is 9.35. The fraction of sp³-hybridized carbons (Fsp3) is 0.333. The van der Waals surface area contributed by atoms with Gasteiger partial charge in [-0.15, -0.1) is 0 Å². The topological polar surface area (TPSA) is 89.1 Å². The van der Waals surface area contributed by atoms with Gasteiger partial charge in [-0.3, -0.25) is 24.7 Å². The molecule has 168 valence electrons. The van der Waals surface area contributed by atoms with Crippen LogP contribution < -0.4 is 0 Å². The number of carbonyl (C=O) groups excluding carboxylic acids is 1. The highest BCUT2D eigenvalue weighted by Crippen LogP contribution is 2.35. The zero-order chi connectivity index (χ0) is 22.7. The van der Waals surface area contributed by atoms with Gasteiger partial charge in [0.1, 0.15) is 15.8 Å². The summed E-state index contributed by atoms with van der Waals surface area (Å²) in [6.07, 6.45) is 2.49. The zero-order valence-corrected chi connectivity index (χ0v) is 19.4. The van der Waals surface area contributed by atoms with Crippen LogP contribution in [-0.2, 0) is 9.53 Å². The van der Waals surface area contributed by atoms with Crippen LogP contribution in [0.5, 0.6) is 0 Å². The fourth-order valence-corrected chi connectivity index (χ4v) is 5.05. The molecular formula is C21H20ClN3O5S2. The Bertz CT molecular complexity index is 1080. The predicted octanol–water partition coefficient (Wildman–Crippen LogP) is 4.43. The summed E-state index contributed by atoms with van der Waals surface area (Å²) in [5, 5.41) is 11.1. The molecule has 1 aromatic carbocycles. The Morgan fingerprint density at radius 2 is 2.00 bits per heavy atom. The van der Waals surface area contributed by atoms with E-state index in [1.165, 1.54) is 30.0 Å². The Balaban J connectivity index is 1.41. The zero-order valence-electron chi connectivity index (χ0n) is 17.0. The molecule has 0 N–H and O–H groups in total. The highest BCUT2D eigenvalue weighted by Gasteiger charge is 2.32. The van der Waals surface area contributed by atoms with Crippen molar-refractivity contribution in [2.24, 2.45) is 0 Å². The molecular weight excluding hydrogens is 474 g/mol. The van der Waals surface area contributed by atoms with Crippen molar-refractivity contribution in [3.05, 3.63) is 56.1 Å². The van der Waals surface area contributed by atoms with Gasteiger partial charge in [0.15, 0.2) is 0 Å². The first-order valence-electron chi connectivity index (χ1n) is 10.0. The molecule has 0 saturated carbocycles. The number of halogens is 1. The summed E-state index contributed by atoms with van der Waals surface area (Å²) in [7, 11) is 0. The van der Waals surface area contributed by atoms with Crippen LogP contribution in [0.3, 0.4) is 0 Å². The minimum atomic E-state index is -0.508. The molecule has 2 aromatic rings. The van der Waals surface area contributed by atoms with Crippen LogP contribution in [0.1, 0.15) is 12.2 Å². The standard InChI is InChI=1S/C21H20ClN3O5S2/c22-17-12-14(25(27)28)2-4-16(17)18-5-3-15(30-18)13-19-20(26)24(21(31)32-19)7-1-6-23-8-10-29-11-9-23/h2-5,12-13H,1,6-11H2/b19-13+. The lowest BCUT2D eigenvalue weighted by Gasteiger charge is -2.27. The van der Waals surface area contributed by atoms with Crippen molar-refractivity contribution in [1.29, 1.82) is 0 Å². The summed E-state index contributed by atoms with van der Waals surface area (Å²) in [5.74, 6) is 0.800. The Morgan fingerprint density at radius 1 is 1.22 bits per heavy atom. The van der Waals surface area contributed by atoms with Gasteiger partial charge >= 0.3 is 0 Å². The van der Waals surface area contributed by atoms with Gasteiger partial charge in [0.25, 0.3) is 11.6 Å². The molecule has 2 aliphatic rings. The van der Waals surface area contributed by atoms with Crippen molar-refractivity contribution < 1.29 is 18.9 Å². The van der Waals surface area contributed by atoms with Gasteiger partial charge in [-0.05, 0) is 24.6 Å². The maximum atomic E-state index is 12.8. The van der Waals surface area contributed by atoms with E-state index in [0.717, 1.165) is 39.3 Å². The molecule has 8 nitrogen and oxygen atoms in total. The summed E-state index contributed by atoms with van der Waals surface area (Å²) in [6.45, 7) is 4.80. The number of non-ortho nitro benzene ring substituents is 1. The number of amides is 1. The van der Waals surface area contributed by atoms with Gasteiger partial charge in [-0.1, -0.05) is 35.6 Å². The lowest BCUT2D eigenvalue weighted by Crippen LogP contribution is -2.38. The number of carbonyl (C=O) groups is 1. The second kappa shape index (κ2) is 10.1. The summed E-state index contributed by atoms with van der Waals surface area (Å²) < 4.78 is 11.7. The van der Waals surface area contributed by atoms with Crippen molar-refractivity contribution in [2.75, 3.05) is 39.4 Å². The third-order valence-corrected chi connectivity index (χ3v) is 6.85. The molecule has 2 saturated heterocycles. The number of nitro groups is 1. The first-order chi connectivity index (χ1) is 15.4. The molecule has 0 atom stereocenters. The number of furan rings is 1. The van der Waals surface area contributed by atoms with Gasteiger partial charge in [0.05, 0.1) is 28.1 Å². The number of nitro benzene ring substituents is 1. The van der Waals surface area contributed by atoms with Crippen molar-refractivity contribution in [1.82, 2.24) is 9.80 Å². The lowest BCUT2D eigenvalue weighted by molar-refractivity contribution is -0.384. The molecule has 11 heteroatoms. The summed E-state index contributed by atoms with van der Waals surface area (Å²) in [4.78, 5) is 27.7. The summed E-state index contributed by atoms with van der Waals surface area (Å²) in [5.41, 5.74) is 0.440. The van der Waals surface area contributed by atoms with Crippen LogP contribution in [0, 0.1) is 10.1 Å². The SMILES string of the molecule is O=C1/C(=C\c2ccc(-c3ccc([N+](=O)[O-])cc3Cl)o2)SC(=S)N1CCCN1CCOCC1. The summed E-state index contributed by atoms with van der Waals surface area (Å²) >= 11 is 12.8. The van der Waals surface area contributed by atoms with Gasteiger partial charge in [0, 0.05) is 50.0 Å². The van der Waals surface area contributed by atoms with Crippen molar-refractivity contribution in [2.45, 2.75) is 6.42 Å². The van der Waals surface area contributed by atoms with Gasteiger partial charge in [-0.2, -0.15) is 0 Å². The van der Waals surface area contributed by atoms with Crippen molar-refractivity contribution in [3.8, 4) is 11.3 Å². The highest BCUT2D eigenvalue weighted by atomic mass is 35.5.